The van der Waals surface area contributed by atoms with E-state index in [4.69, 9.17) is 4.98 Å². The summed E-state index contributed by atoms with van der Waals surface area (Å²) < 4.78 is 0. The van der Waals surface area contributed by atoms with Crippen LogP contribution in [-0.2, 0) is 0 Å². The number of hydrogen-bond acceptors (Lipinski definition) is 3. The van der Waals surface area contributed by atoms with Crippen molar-refractivity contribution in [2.75, 3.05) is 0 Å². The fourth-order valence-electron chi connectivity index (χ4n) is 3.66. The van der Waals surface area contributed by atoms with Gasteiger partial charge in [0.1, 0.15) is 5.65 Å². The molecule has 0 amide bonds. The highest BCUT2D eigenvalue weighted by atomic mass is 16.1. The summed E-state index contributed by atoms with van der Waals surface area (Å²) in [7, 11) is 0. The summed E-state index contributed by atoms with van der Waals surface area (Å²) in [6.45, 7) is 2.06. The van der Waals surface area contributed by atoms with Crippen molar-refractivity contribution >= 4 is 21.9 Å². The van der Waals surface area contributed by atoms with Gasteiger partial charge in [0.15, 0.2) is 5.43 Å². The van der Waals surface area contributed by atoms with Crippen molar-refractivity contribution in [2.45, 2.75) is 6.92 Å². The molecule has 0 aliphatic heterocycles. The molecule has 5 aromatic rings. The molecule has 0 radical (unpaired) electrons. The molecule has 0 fully saturated rings. The van der Waals surface area contributed by atoms with E-state index in [-0.39, 0.29) is 5.43 Å². The van der Waals surface area contributed by atoms with Crippen LogP contribution in [0.1, 0.15) is 5.56 Å². The first-order valence-electron chi connectivity index (χ1n) is 9.14. The molecule has 4 heteroatoms. The van der Waals surface area contributed by atoms with Gasteiger partial charge < -0.3 is 4.98 Å². The number of nitrogens with one attached hydrogen (secondary N) is 1. The Balaban J connectivity index is 1.88. The van der Waals surface area contributed by atoms with E-state index >= 15 is 0 Å². The molecule has 0 saturated carbocycles. The van der Waals surface area contributed by atoms with Crippen molar-refractivity contribution in [3.63, 3.8) is 0 Å². The van der Waals surface area contributed by atoms with Crippen LogP contribution in [0.5, 0.6) is 0 Å². The van der Waals surface area contributed by atoms with Crippen molar-refractivity contribution < 1.29 is 0 Å². The summed E-state index contributed by atoms with van der Waals surface area (Å²) >= 11 is 0. The quantitative estimate of drug-likeness (QED) is 0.474. The van der Waals surface area contributed by atoms with Gasteiger partial charge in [-0.05, 0) is 42.3 Å². The van der Waals surface area contributed by atoms with E-state index in [1.165, 1.54) is 6.07 Å². The Morgan fingerprint density at radius 3 is 2.61 bits per heavy atom. The molecule has 4 nitrogen and oxygen atoms in total. The number of aromatic nitrogens is 3. The lowest BCUT2D eigenvalue weighted by Crippen LogP contribution is -2.03. The van der Waals surface area contributed by atoms with E-state index in [1.54, 1.807) is 6.20 Å². The van der Waals surface area contributed by atoms with Crippen LogP contribution in [0.3, 0.4) is 0 Å². The summed E-state index contributed by atoms with van der Waals surface area (Å²) in [5.74, 6) is 0. The van der Waals surface area contributed by atoms with E-state index in [1.807, 2.05) is 48.7 Å². The zero-order valence-corrected chi connectivity index (χ0v) is 15.3. The van der Waals surface area contributed by atoms with Crippen LogP contribution in [0, 0.1) is 6.92 Å². The number of H-pyrrole nitrogens is 1. The SMILES string of the molecule is Cc1cc(-c2cc3c(=O)cc[nH]c3nc2-c2ccccc2)cc2cccnc12. The number of aromatic amines is 1. The van der Waals surface area contributed by atoms with Crippen molar-refractivity contribution in [3.8, 4) is 22.4 Å². The Labute approximate surface area is 161 Å². The van der Waals surface area contributed by atoms with Gasteiger partial charge in [-0.1, -0.05) is 36.4 Å². The molecule has 3 aromatic heterocycles. The van der Waals surface area contributed by atoms with Crippen molar-refractivity contribution in [2.24, 2.45) is 0 Å². The maximum Gasteiger partial charge on any atom is 0.191 e. The first-order chi connectivity index (χ1) is 13.7. The summed E-state index contributed by atoms with van der Waals surface area (Å²) in [4.78, 5) is 24.8. The summed E-state index contributed by atoms with van der Waals surface area (Å²) in [6, 6.07) is 21.7. The number of hydrogen-bond donors (Lipinski definition) is 1. The molecule has 3 heterocycles. The van der Waals surface area contributed by atoms with Crippen LogP contribution >= 0.6 is 0 Å². The Bertz CT molecular complexity index is 1390. The van der Waals surface area contributed by atoms with Crippen LogP contribution in [-0.4, -0.2) is 15.0 Å². The van der Waals surface area contributed by atoms with Gasteiger partial charge in [-0.3, -0.25) is 9.78 Å². The monoisotopic (exact) mass is 363 g/mol. The number of pyridine rings is 3. The predicted molar refractivity (Wildman–Crippen MR) is 113 cm³/mol. The van der Waals surface area contributed by atoms with Crippen molar-refractivity contribution in [1.82, 2.24) is 15.0 Å². The largest absolute Gasteiger partial charge is 0.346 e. The van der Waals surface area contributed by atoms with Crippen molar-refractivity contribution in [3.05, 3.63) is 94.9 Å². The van der Waals surface area contributed by atoms with Crippen LogP contribution < -0.4 is 5.43 Å². The maximum atomic E-state index is 12.4. The second kappa shape index (κ2) is 6.43. The Morgan fingerprint density at radius 2 is 1.75 bits per heavy atom. The van der Waals surface area contributed by atoms with E-state index in [2.05, 4.69) is 35.1 Å². The topological polar surface area (TPSA) is 58.6 Å². The van der Waals surface area contributed by atoms with E-state index in [0.717, 1.165) is 38.9 Å². The van der Waals surface area contributed by atoms with E-state index in [0.29, 0.717) is 11.0 Å². The van der Waals surface area contributed by atoms with Crippen molar-refractivity contribution in [1.29, 1.82) is 0 Å². The van der Waals surface area contributed by atoms with Crippen LogP contribution in [0.25, 0.3) is 44.3 Å². The highest BCUT2D eigenvalue weighted by Crippen LogP contribution is 2.34. The average molecular weight is 363 g/mol. The number of fused-ring (bicyclic) bond motifs is 2. The van der Waals surface area contributed by atoms with Gasteiger partial charge in [0.05, 0.1) is 16.6 Å². The number of nitrogens with zero attached hydrogens (tertiary/aromatic N) is 2. The highest BCUT2D eigenvalue weighted by Gasteiger charge is 2.14. The lowest BCUT2D eigenvalue weighted by Gasteiger charge is -2.13. The molecule has 0 bridgehead atoms. The minimum absolute atomic E-state index is 0.0405. The summed E-state index contributed by atoms with van der Waals surface area (Å²) in [6.07, 6.45) is 3.44. The number of aryl methyl sites for hydroxylation is 1. The molecule has 0 aliphatic rings. The second-order valence-electron chi connectivity index (χ2n) is 6.86. The van der Waals surface area contributed by atoms with Crippen LogP contribution in [0.15, 0.2) is 83.9 Å². The minimum atomic E-state index is -0.0405. The van der Waals surface area contributed by atoms with Gasteiger partial charge in [-0.15, -0.1) is 0 Å². The molecule has 5 rings (SSSR count). The molecule has 0 aliphatic carbocycles. The van der Waals surface area contributed by atoms with Crippen LogP contribution in [0.2, 0.25) is 0 Å². The first kappa shape index (κ1) is 16.4. The summed E-state index contributed by atoms with van der Waals surface area (Å²) in [5, 5.41) is 1.65. The second-order valence-corrected chi connectivity index (χ2v) is 6.86. The molecule has 134 valence electrons. The number of rotatable bonds is 2. The third-order valence-corrected chi connectivity index (χ3v) is 5.00. The van der Waals surface area contributed by atoms with Gasteiger partial charge in [0.25, 0.3) is 0 Å². The molecule has 0 saturated heterocycles. The normalized spacial score (nSPS) is 11.2. The molecule has 1 N–H and O–H groups in total. The lowest BCUT2D eigenvalue weighted by atomic mass is 9.95. The van der Waals surface area contributed by atoms with Gasteiger partial charge in [-0.25, -0.2) is 4.98 Å². The van der Waals surface area contributed by atoms with Crippen LogP contribution in [0.4, 0.5) is 0 Å². The zero-order valence-electron chi connectivity index (χ0n) is 15.3. The molecular formula is C24H17N3O. The van der Waals surface area contributed by atoms with Gasteiger partial charge in [0, 0.05) is 35.0 Å². The average Bonchev–Trinajstić information content (AvgIpc) is 2.74. The minimum Gasteiger partial charge on any atom is -0.346 e. The maximum absolute atomic E-state index is 12.4. The fraction of sp³-hybridized carbons (Fsp3) is 0.0417. The standard InChI is InChI=1S/C24H17N3O/c1-15-12-18(13-17-8-5-10-25-22(15)17)19-14-20-21(28)9-11-26-24(20)27-23(19)16-6-3-2-4-7-16/h2-14H,1H3,(H,26,27,28). The van der Waals surface area contributed by atoms with E-state index < -0.39 is 0 Å². The molecule has 0 unspecified atom stereocenters. The Kier molecular flexibility index (Phi) is 3.76. The zero-order chi connectivity index (χ0) is 19.1. The summed E-state index contributed by atoms with van der Waals surface area (Å²) in [5.41, 5.74) is 6.44. The smallest absolute Gasteiger partial charge is 0.191 e. The predicted octanol–water partition coefficient (Wildman–Crippen LogP) is 5.11. The van der Waals surface area contributed by atoms with E-state index in [9.17, 15) is 4.79 Å². The van der Waals surface area contributed by atoms with Gasteiger partial charge >= 0.3 is 0 Å². The third-order valence-electron chi connectivity index (χ3n) is 5.00. The molecular weight excluding hydrogens is 346 g/mol. The Morgan fingerprint density at radius 1 is 0.893 bits per heavy atom. The number of benzene rings is 2. The molecule has 28 heavy (non-hydrogen) atoms. The van der Waals surface area contributed by atoms with Gasteiger partial charge in [0.2, 0.25) is 0 Å². The molecule has 0 atom stereocenters. The first-order valence-corrected chi connectivity index (χ1v) is 9.14. The fourth-order valence-corrected chi connectivity index (χ4v) is 3.66. The highest BCUT2D eigenvalue weighted by molar-refractivity contribution is 5.94. The lowest BCUT2D eigenvalue weighted by molar-refractivity contribution is 1.28. The van der Waals surface area contributed by atoms with Gasteiger partial charge in [-0.2, -0.15) is 0 Å². The Hall–Kier alpha value is -3.79. The molecule has 0 spiro atoms. The molecule has 2 aromatic carbocycles. The third kappa shape index (κ3) is 2.67.